The number of benzene rings is 2. The average Bonchev–Trinajstić information content (AvgIpc) is 2.69. The number of nitrogens with two attached hydrogens (primary N) is 1. The zero-order valence-electron chi connectivity index (χ0n) is 13.0. The monoisotopic (exact) mass is 327 g/mol. The van der Waals surface area contributed by atoms with Crippen LogP contribution in [0.2, 0.25) is 0 Å². The van der Waals surface area contributed by atoms with Crippen LogP contribution in [-0.2, 0) is 11.2 Å². The van der Waals surface area contributed by atoms with Gasteiger partial charge >= 0.3 is 0 Å². The van der Waals surface area contributed by atoms with Crippen LogP contribution in [0.5, 0.6) is 5.75 Å². The molecule has 3 rings (SSSR count). The summed E-state index contributed by atoms with van der Waals surface area (Å²) in [5.41, 5.74) is 7.68. The Morgan fingerprint density at radius 3 is 2.74 bits per heavy atom. The van der Waals surface area contributed by atoms with E-state index in [-0.39, 0.29) is 12.2 Å². The van der Waals surface area contributed by atoms with E-state index in [4.69, 9.17) is 10.5 Å². The van der Waals surface area contributed by atoms with Crippen molar-refractivity contribution in [2.24, 2.45) is 5.73 Å². The number of carbonyl (C=O) groups is 2. The van der Waals surface area contributed by atoms with Gasteiger partial charge < -0.3 is 10.5 Å². The molecule has 2 aromatic rings. The number of ether oxygens (including phenoxy) is 1. The maximum atomic E-state index is 12.7. The Labute approximate surface area is 139 Å². The first-order chi connectivity index (χ1) is 11.0. The number of methoxy groups -OCH3 is 1. The van der Waals surface area contributed by atoms with Crippen molar-refractivity contribution in [1.82, 2.24) is 0 Å². The van der Waals surface area contributed by atoms with Gasteiger partial charge in [-0.3, -0.25) is 9.59 Å². The first-order valence-electron chi connectivity index (χ1n) is 7.31. The van der Waals surface area contributed by atoms with Gasteiger partial charge in [0.1, 0.15) is 5.75 Å². The highest BCUT2D eigenvalue weighted by Crippen LogP contribution is 2.41. The van der Waals surface area contributed by atoms with Gasteiger partial charge in [0.15, 0.2) is 5.78 Å². The summed E-state index contributed by atoms with van der Waals surface area (Å²) in [6.45, 7) is 1.75. The third-order valence-corrected chi connectivity index (χ3v) is 5.28. The van der Waals surface area contributed by atoms with Crippen molar-refractivity contribution < 1.29 is 14.3 Å². The molecular formula is C18H17NO3S. The molecule has 118 valence electrons. The van der Waals surface area contributed by atoms with Crippen LogP contribution in [0.4, 0.5) is 0 Å². The highest BCUT2D eigenvalue weighted by atomic mass is 32.2. The molecule has 0 bridgehead atoms. The molecule has 1 unspecified atom stereocenters. The molecule has 0 radical (unpaired) electrons. The molecule has 0 saturated carbocycles. The summed E-state index contributed by atoms with van der Waals surface area (Å²) in [4.78, 5) is 26.0. The Morgan fingerprint density at radius 1 is 1.26 bits per heavy atom. The first kappa shape index (κ1) is 15.6. The third-order valence-electron chi connectivity index (χ3n) is 4.10. The lowest BCUT2D eigenvalue weighted by Gasteiger charge is -2.11. The minimum Gasteiger partial charge on any atom is -0.496 e. The van der Waals surface area contributed by atoms with Crippen LogP contribution in [-0.4, -0.2) is 18.8 Å². The predicted octanol–water partition coefficient (Wildman–Crippen LogP) is 3.17. The number of rotatable bonds is 3. The van der Waals surface area contributed by atoms with Crippen LogP contribution >= 0.6 is 11.8 Å². The first-order valence-corrected chi connectivity index (χ1v) is 8.13. The van der Waals surface area contributed by atoms with E-state index in [1.165, 1.54) is 0 Å². The van der Waals surface area contributed by atoms with Gasteiger partial charge in [-0.25, -0.2) is 0 Å². The van der Waals surface area contributed by atoms with E-state index in [1.807, 2.05) is 30.3 Å². The topological polar surface area (TPSA) is 69.4 Å². The Kier molecular flexibility index (Phi) is 4.13. The second-order valence-electron chi connectivity index (χ2n) is 5.52. The minimum atomic E-state index is -0.418. The fourth-order valence-electron chi connectivity index (χ4n) is 2.67. The molecule has 1 aliphatic heterocycles. The Hall–Kier alpha value is -2.27. The summed E-state index contributed by atoms with van der Waals surface area (Å²) in [6.07, 6.45) is 0.285. The number of hydrogen-bond acceptors (Lipinski definition) is 4. The van der Waals surface area contributed by atoms with Crippen LogP contribution in [0.15, 0.2) is 46.2 Å². The molecule has 4 nitrogen and oxygen atoms in total. The van der Waals surface area contributed by atoms with Crippen molar-refractivity contribution in [2.45, 2.75) is 29.1 Å². The molecule has 0 fully saturated rings. The summed E-state index contributed by atoms with van der Waals surface area (Å²) in [7, 11) is 1.61. The van der Waals surface area contributed by atoms with Crippen LogP contribution < -0.4 is 10.5 Å². The molecule has 0 spiro atoms. The fraction of sp³-hybridized carbons (Fsp3) is 0.222. The van der Waals surface area contributed by atoms with Crippen LogP contribution in [0.1, 0.15) is 34.3 Å². The zero-order valence-corrected chi connectivity index (χ0v) is 13.8. The van der Waals surface area contributed by atoms with Crippen molar-refractivity contribution in [2.75, 3.05) is 7.11 Å². The van der Waals surface area contributed by atoms with E-state index in [1.54, 1.807) is 31.9 Å². The maximum absolute atomic E-state index is 12.7. The molecule has 0 aromatic heterocycles. The lowest BCUT2D eigenvalue weighted by atomic mass is 9.95. The maximum Gasteiger partial charge on any atom is 0.224 e. The standard InChI is InChI=1S/C18H17NO3S/c1-10(18(19)21)11-6-7-17-12(8-11)14(20)9-13-15(22-2)4-3-5-16(13)23-17/h3-8,10H,9H2,1-2H3,(H2,19,21). The van der Waals surface area contributed by atoms with E-state index in [0.29, 0.717) is 5.56 Å². The lowest BCUT2D eigenvalue weighted by molar-refractivity contribution is -0.119. The minimum absolute atomic E-state index is 0.0225. The number of ketones is 1. The Bertz CT molecular complexity index is 801. The second-order valence-corrected chi connectivity index (χ2v) is 6.60. The lowest BCUT2D eigenvalue weighted by Crippen LogP contribution is -2.19. The average molecular weight is 327 g/mol. The SMILES string of the molecule is COc1cccc2c1CC(=O)c1cc(C(C)C(N)=O)ccc1S2. The summed E-state index contributed by atoms with van der Waals surface area (Å²) < 4.78 is 5.38. The predicted molar refractivity (Wildman–Crippen MR) is 89.2 cm³/mol. The van der Waals surface area contributed by atoms with Gasteiger partial charge in [-0.05, 0) is 36.8 Å². The second kappa shape index (κ2) is 6.08. The quantitative estimate of drug-likeness (QED) is 0.940. The molecule has 5 heteroatoms. The van der Waals surface area contributed by atoms with Crippen molar-refractivity contribution in [1.29, 1.82) is 0 Å². The number of primary amides is 1. The summed E-state index contributed by atoms with van der Waals surface area (Å²) >= 11 is 1.55. The number of hydrogen-bond donors (Lipinski definition) is 1. The molecule has 1 atom stereocenters. The third kappa shape index (κ3) is 2.84. The van der Waals surface area contributed by atoms with E-state index in [9.17, 15) is 9.59 Å². The van der Waals surface area contributed by atoms with Crippen molar-refractivity contribution >= 4 is 23.5 Å². The molecule has 1 heterocycles. The molecule has 1 amide bonds. The zero-order chi connectivity index (χ0) is 16.6. The van der Waals surface area contributed by atoms with Gasteiger partial charge in [0, 0.05) is 27.3 Å². The molecule has 0 saturated heterocycles. The van der Waals surface area contributed by atoms with Crippen molar-refractivity contribution in [3.05, 3.63) is 53.1 Å². The van der Waals surface area contributed by atoms with Crippen molar-refractivity contribution in [3.8, 4) is 5.75 Å². The van der Waals surface area contributed by atoms with Crippen LogP contribution in [0.25, 0.3) is 0 Å². The van der Waals surface area contributed by atoms with Crippen LogP contribution in [0.3, 0.4) is 0 Å². The van der Waals surface area contributed by atoms with Gasteiger partial charge in [-0.1, -0.05) is 23.9 Å². The Morgan fingerprint density at radius 2 is 2.04 bits per heavy atom. The highest BCUT2D eigenvalue weighted by Gasteiger charge is 2.24. The molecule has 2 N–H and O–H groups in total. The van der Waals surface area contributed by atoms with Gasteiger partial charge in [0.25, 0.3) is 0 Å². The number of amides is 1. The van der Waals surface area contributed by atoms with Gasteiger partial charge in [0.05, 0.1) is 13.0 Å². The van der Waals surface area contributed by atoms with Gasteiger partial charge in [-0.2, -0.15) is 0 Å². The number of Topliss-reactive ketones (excluding diaryl/α,β-unsaturated/α-hetero) is 1. The smallest absolute Gasteiger partial charge is 0.224 e. The number of carbonyl (C=O) groups excluding carboxylic acids is 2. The molecular weight excluding hydrogens is 310 g/mol. The van der Waals surface area contributed by atoms with E-state index in [2.05, 4.69) is 0 Å². The highest BCUT2D eigenvalue weighted by molar-refractivity contribution is 7.99. The molecule has 2 aromatic carbocycles. The molecule has 1 aliphatic rings. The molecule has 0 aliphatic carbocycles. The van der Waals surface area contributed by atoms with E-state index >= 15 is 0 Å². The van der Waals surface area contributed by atoms with Gasteiger partial charge in [0.2, 0.25) is 5.91 Å². The largest absolute Gasteiger partial charge is 0.496 e. The summed E-state index contributed by atoms with van der Waals surface area (Å²) in [6, 6.07) is 11.3. The molecule has 23 heavy (non-hydrogen) atoms. The van der Waals surface area contributed by atoms with E-state index < -0.39 is 11.8 Å². The van der Waals surface area contributed by atoms with Gasteiger partial charge in [-0.15, -0.1) is 0 Å². The summed E-state index contributed by atoms with van der Waals surface area (Å²) in [5, 5.41) is 0. The normalized spacial score (nSPS) is 14.4. The Balaban J connectivity index is 2.07. The van der Waals surface area contributed by atoms with Crippen molar-refractivity contribution in [3.63, 3.8) is 0 Å². The van der Waals surface area contributed by atoms with E-state index in [0.717, 1.165) is 26.7 Å². The van der Waals surface area contributed by atoms with Crippen LogP contribution in [0, 0.1) is 0 Å². The summed E-state index contributed by atoms with van der Waals surface area (Å²) in [5.74, 6) is -0.0713. The fourth-order valence-corrected chi connectivity index (χ4v) is 3.77. The number of fused-ring (bicyclic) bond motifs is 2.